The monoisotopic (exact) mass is 851 g/mol. The second-order valence-electron chi connectivity index (χ2n) is 14.9. The third-order valence-corrected chi connectivity index (χ3v) is 9.18. The Morgan fingerprint density at radius 2 is 0.617 bits per heavy atom. The molecule has 0 saturated heterocycles. The molecule has 0 unspecified atom stereocenters. The van der Waals surface area contributed by atoms with Gasteiger partial charge in [0.2, 0.25) is 0 Å². The molecule has 0 radical (unpaired) electrons. The molecule has 1 aromatic carbocycles. The lowest BCUT2D eigenvalue weighted by Crippen LogP contribution is -2.12. The summed E-state index contributed by atoms with van der Waals surface area (Å²) in [7, 11) is 0. The first-order chi connectivity index (χ1) is 29.1. The Kier molecular flexibility index (Phi) is 43.2. The molecule has 1 N–H and O–H groups in total. The van der Waals surface area contributed by atoms with Gasteiger partial charge in [-0.15, -0.1) is 0 Å². The quantitative estimate of drug-likeness (QED) is 0.0390. The van der Waals surface area contributed by atoms with Crippen LogP contribution < -0.4 is 0 Å². The summed E-state index contributed by atoms with van der Waals surface area (Å²) >= 11 is 0. The molecule has 0 aromatic heterocycles. The van der Waals surface area contributed by atoms with Crippen LogP contribution in [0.1, 0.15) is 222 Å². The fourth-order valence-electron chi connectivity index (χ4n) is 5.34. The van der Waals surface area contributed by atoms with Crippen LogP contribution in [0.5, 0.6) is 0 Å². The highest BCUT2D eigenvalue weighted by molar-refractivity contribution is 6.02. The number of carboxylic acid groups (broad SMARTS) is 1. The van der Waals surface area contributed by atoms with Crippen LogP contribution in [-0.2, 0) is 42.9 Å². The maximum atomic E-state index is 11.6. The SMILES string of the molecule is CCCCOC(=O)CCCCCCCCC(=O)OCCCC.CCCCOC(=O)CCCCCCCCC(=O)OCCCC.CCCCOC(=O)c1ccccc1C(=O)O. The topological polar surface area (TPSA) is 169 Å². The van der Waals surface area contributed by atoms with Crippen LogP contribution in [-0.4, -0.2) is 74.0 Å². The summed E-state index contributed by atoms with van der Waals surface area (Å²) in [5.41, 5.74) is 0.0788. The molecular formula is C48H82O12. The molecule has 0 aliphatic rings. The Bertz CT molecular complexity index is 1120. The molecule has 0 fully saturated rings. The molecule has 0 amide bonds. The zero-order valence-electron chi connectivity index (χ0n) is 38.2. The third kappa shape index (κ3) is 39.5. The molecule has 60 heavy (non-hydrogen) atoms. The van der Waals surface area contributed by atoms with E-state index in [4.69, 9.17) is 28.8 Å². The normalized spacial score (nSPS) is 10.3. The molecular weight excluding hydrogens is 769 g/mol. The number of carbonyl (C=O) groups is 6. The molecule has 1 aromatic rings. The van der Waals surface area contributed by atoms with Gasteiger partial charge in [-0.2, -0.15) is 0 Å². The average Bonchev–Trinajstić information content (AvgIpc) is 3.23. The zero-order chi connectivity index (χ0) is 44.9. The first-order valence-corrected chi connectivity index (χ1v) is 23.2. The molecule has 0 spiro atoms. The van der Waals surface area contributed by atoms with Gasteiger partial charge in [0.25, 0.3) is 0 Å². The van der Waals surface area contributed by atoms with Gasteiger partial charge >= 0.3 is 35.8 Å². The summed E-state index contributed by atoms with van der Waals surface area (Å²) in [5.74, 6) is -1.97. The number of ether oxygens (including phenoxy) is 5. The second kappa shape index (κ2) is 44.6. The van der Waals surface area contributed by atoms with E-state index < -0.39 is 11.9 Å². The summed E-state index contributed by atoms with van der Waals surface area (Å²) in [4.78, 5) is 67.9. The number of benzene rings is 1. The van der Waals surface area contributed by atoms with Gasteiger partial charge in [0.15, 0.2) is 0 Å². The number of carbonyl (C=O) groups excluding carboxylic acids is 5. The van der Waals surface area contributed by atoms with E-state index in [0.717, 1.165) is 141 Å². The largest absolute Gasteiger partial charge is 0.478 e. The van der Waals surface area contributed by atoms with Gasteiger partial charge < -0.3 is 28.8 Å². The maximum Gasteiger partial charge on any atom is 0.339 e. The van der Waals surface area contributed by atoms with Gasteiger partial charge in [-0.1, -0.05) is 130 Å². The van der Waals surface area contributed by atoms with E-state index in [1.807, 2.05) is 6.92 Å². The highest BCUT2D eigenvalue weighted by Crippen LogP contribution is 2.13. The minimum absolute atomic E-state index is 0.0241. The fraction of sp³-hybridized carbons (Fsp3) is 0.750. The summed E-state index contributed by atoms with van der Waals surface area (Å²) < 4.78 is 25.4. The lowest BCUT2D eigenvalue weighted by Gasteiger charge is -2.06. The Morgan fingerprint density at radius 1 is 0.367 bits per heavy atom. The first-order valence-electron chi connectivity index (χ1n) is 23.2. The maximum absolute atomic E-state index is 11.6. The predicted octanol–water partition coefficient (Wildman–Crippen LogP) is 11.9. The Morgan fingerprint density at radius 3 is 0.883 bits per heavy atom. The Labute approximate surface area is 362 Å². The van der Waals surface area contributed by atoms with E-state index in [9.17, 15) is 28.8 Å². The number of hydrogen-bond acceptors (Lipinski definition) is 11. The molecule has 0 aliphatic carbocycles. The number of unbranched alkanes of at least 4 members (excludes halogenated alkanes) is 15. The van der Waals surface area contributed by atoms with Gasteiger partial charge in [-0.25, -0.2) is 9.59 Å². The van der Waals surface area contributed by atoms with E-state index in [1.165, 1.54) is 12.1 Å². The van der Waals surface area contributed by atoms with Crippen molar-refractivity contribution in [3.8, 4) is 0 Å². The first kappa shape index (κ1) is 58.1. The van der Waals surface area contributed by atoms with Gasteiger partial charge in [0.05, 0.1) is 44.2 Å². The van der Waals surface area contributed by atoms with Crippen molar-refractivity contribution in [1.82, 2.24) is 0 Å². The lowest BCUT2D eigenvalue weighted by atomic mass is 10.1. The van der Waals surface area contributed by atoms with Crippen LogP contribution in [0.2, 0.25) is 0 Å². The minimum Gasteiger partial charge on any atom is -0.478 e. The van der Waals surface area contributed by atoms with Crippen LogP contribution in [0.4, 0.5) is 0 Å². The molecule has 12 heteroatoms. The smallest absolute Gasteiger partial charge is 0.339 e. The van der Waals surface area contributed by atoms with Crippen LogP contribution >= 0.6 is 0 Å². The van der Waals surface area contributed by atoms with Crippen molar-refractivity contribution < 1.29 is 57.6 Å². The van der Waals surface area contributed by atoms with E-state index in [1.54, 1.807) is 12.1 Å². The number of carboxylic acids is 1. The number of rotatable bonds is 35. The van der Waals surface area contributed by atoms with Crippen molar-refractivity contribution in [2.75, 3.05) is 33.0 Å². The van der Waals surface area contributed by atoms with Crippen molar-refractivity contribution >= 4 is 35.8 Å². The molecule has 0 heterocycles. The highest BCUT2D eigenvalue weighted by Gasteiger charge is 2.16. The van der Waals surface area contributed by atoms with Crippen molar-refractivity contribution in [1.29, 1.82) is 0 Å². The molecule has 0 aliphatic heterocycles. The van der Waals surface area contributed by atoms with E-state index in [-0.39, 0.29) is 35.0 Å². The van der Waals surface area contributed by atoms with Gasteiger partial charge in [-0.05, 0) is 69.9 Å². The molecule has 0 atom stereocenters. The summed E-state index contributed by atoms with van der Waals surface area (Å²) in [6, 6.07) is 6.03. The van der Waals surface area contributed by atoms with Crippen LogP contribution in [0.3, 0.4) is 0 Å². The highest BCUT2D eigenvalue weighted by atomic mass is 16.5. The molecule has 12 nitrogen and oxygen atoms in total. The zero-order valence-corrected chi connectivity index (χ0v) is 38.2. The summed E-state index contributed by atoms with van der Waals surface area (Å²) in [5, 5.41) is 8.88. The lowest BCUT2D eigenvalue weighted by molar-refractivity contribution is -0.144. The van der Waals surface area contributed by atoms with E-state index in [2.05, 4.69) is 27.7 Å². The minimum atomic E-state index is -1.12. The fourth-order valence-corrected chi connectivity index (χ4v) is 5.34. The average molecular weight is 851 g/mol. The Hall–Kier alpha value is -3.96. The van der Waals surface area contributed by atoms with Crippen molar-refractivity contribution in [2.45, 2.75) is 202 Å². The third-order valence-electron chi connectivity index (χ3n) is 9.18. The number of aromatic carboxylic acids is 1. The van der Waals surface area contributed by atoms with E-state index >= 15 is 0 Å². The van der Waals surface area contributed by atoms with Crippen LogP contribution in [0.25, 0.3) is 0 Å². The van der Waals surface area contributed by atoms with Crippen LogP contribution in [0.15, 0.2) is 24.3 Å². The van der Waals surface area contributed by atoms with Crippen LogP contribution in [0, 0.1) is 0 Å². The molecule has 0 saturated carbocycles. The summed E-state index contributed by atoms with van der Waals surface area (Å²) in [6.45, 7) is 12.9. The van der Waals surface area contributed by atoms with Gasteiger partial charge in [0.1, 0.15) is 0 Å². The van der Waals surface area contributed by atoms with Gasteiger partial charge in [0, 0.05) is 25.7 Å². The molecule has 0 bridgehead atoms. The molecule has 1 rings (SSSR count). The number of hydrogen-bond donors (Lipinski definition) is 1. The van der Waals surface area contributed by atoms with Crippen molar-refractivity contribution in [3.05, 3.63) is 35.4 Å². The standard InChI is InChI=1S/2C18H34O4.C12H14O4/c2*1-3-5-15-21-17(19)13-11-9-7-8-10-12-14-18(20)22-16-6-4-2;1-2-3-8-16-12(15)10-7-5-4-6-9(10)11(13)14/h2*3-16H2,1-2H3;4-7H,2-3,8H2,1H3,(H,13,14). The van der Waals surface area contributed by atoms with Crippen molar-refractivity contribution in [2.24, 2.45) is 0 Å². The van der Waals surface area contributed by atoms with Crippen molar-refractivity contribution in [3.63, 3.8) is 0 Å². The predicted molar refractivity (Wildman–Crippen MR) is 236 cm³/mol. The number of esters is 5. The Balaban J connectivity index is 0. The molecule has 346 valence electrons. The van der Waals surface area contributed by atoms with E-state index in [0.29, 0.717) is 58.7 Å². The van der Waals surface area contributed by atoms with Gasteiger partial charge in [-0.3, -0.25) is 19.2 Å². The second-order valence-corrected chi connectivity index (χ2v) is 14.9. The summed E-state index contributed by atoms with van der Waals surface area (Å²) in [6.07, 6.45) is 24.2.